The molecule has 0 spiro atoms. The maximum Gasteiger partial charge on any atom is 0.220 e. The Morgan fingerprint density at radius 2 is 2.05 bits per heavy atom. The van der Waals surface area contributed by atoms with E-state index in [0.29, 0.717) is 25.4 Å². The van der Waals surface area contributed by atoms with Crippen molar-refractivity contribution in [2.45, 2.75) is 44.6 Å². The summed E-state index contributed by atoms with van der Waals surface area (Å²) in [7, 11) is 0. The first-order valence-corrected chi connectivity index (χ1v) is 7.48. The standard InChI is InChI=1S/C16H23FN2O/c17-14-8-5-13(6-9-14)7-10-16(20)19-12-15-4-2-1-3-11-18-15/h5-6,8-9,15,18H,1-4,7,10-12H2,(H,19,20)/t15-/m1/s1. The van der Waals surface area contributed by atoms with Gasteiger partial charge in [-0.15, -0.1) is 0 Å². The summed E-state index contributed by atoms with van der Waals surface area (Å²) in [5.41, 5.74) is 0.995. The zero-order chi connectivity index (χ0) is 14.2. The van der Waals surface area contributed by atoms with Gasteiger partial charge >= 0.3 is 0 Å². The molecule has 0 unspecified atom stereocenters. The van der Waals surface area contributed by atoms with Gasteiger partial charge in [0.1, 0.15) is 5.82 Å². The van der Waals surface area contributed by atoms with Gasteiger partial charge in [-0.25, -0.2) is 4.39 Å². The highest BCUT2D eigenvalue weighted by Crippen LogP contribution is 2.08. The predicted molar refractivity (Wildman–Crippen MR) is 78.0 cm³/mol. The molecule has 1 aliphatic heterocycles. The molecule has 2 N–H and O–H groups in total. The van der Waals surface area contributed by atoms with Gasteiger partial charge in [0.25, 0.3) is 0 Å². The summed E-state index contributed by atoms with van der Waals surface area (Å²) in [5.74, 6) is -0.169. The molecule has 1 heterocycles. The zero-order valence-corrected chi connectivity index (χ0v) is 11.8. The molecule has 1 fully saturated rings. The molecule has 0 saturated carbocycles. The molecule has 0 aromatic heterocycles. The van der Waals surface area contributed by atoms with Crippen molar-refractivity contribution in [1.29, 1.82) is 0 Å². The topological polar surface area (TPSA) is 41.1 Å². The van der Waals surface area contributed by atoms with E-state index in [2.05, 4.69) is 10.6 Å². The van der Waals surface area contributed by atoms with Crippen molar-refractivity contribution in [3.05, 3.63) is 35.6 Å². The second-order valence-corrected chi connectivity index (χ2v) is 5.43. The minimum atomic E-state index is -0.238. The summed E-state index contributed by atoms with van der Waals surface area (Å²) in [5, 5.41) is 6.45. The van der Waals surface area contributed by atoms with Crippen molar-refractivity contribution < 1.29 is 9.18 Å². The second-order valence-electron chi connectivity index (χ2n) is 5.43. The van der Waals surface area contributed by atoms with Crippen LogP contribution in [0.3, 0.4) is 0 Å². The van der Waals surface area contributed by atoms with Gasteiger partial charge in [0.2, 0.25) is 5.91 Å². The summed E-state index contributed by atoms with van der Waals surface area (Å²) in [6.07, 6.45) is 6.00. The number of amides is 1. The van der Waals surface area contributed by atoms with Crippen molar-refractivity contribution in [3.8, 4) is 0 Å². The smallest absolute Gasteiger partial charge is 0.220 e. The van der Waals surface area contributed by atoms with Crippen molar-refractivity contribution in [2.24, 2.45) is 0 Å². The average molecular weight is 278 g/mol. The van der Waals surface area contributed by atoms with Crippen molar-refractivity contribution in [1.82, 2.24) is 10.6 Å². The number of carbonyl (C=O) groups is 1. The Morgan fingerprint density at radius 3 is 2.85 bits per heavy atom. The summed E-state index contributed by atoms with van der Waals surface area (Å²) < 4.78 is 12.8. The molecule has 1 atom stereocenters. The number of halogens is 1. The highest BCUT2D eigenvalue weighted by Gasteiger charge is 2.12. The lowest BCUT2D eigenvalue weighted by Crippen LogP contribution is -2.40. The molecule has 0 bridgehead atoms. The van der Waals surface area contributed by atoms with E-state index in [1.807, 2.05) is 0 Å². The summed E-state index contributed by atoms with van der Waals surface area (Å²) in [6.45, 7) is 1.76. The lowest BCUT2D eigenvalue weighted by atomic mass is 10.1. The van der Waals surface area contributed by atoms with Crippen LogP contribution in [0, 0.1) is 5.82 Å². The van der Waals surface area contributed by atoms with E-state index in [4.69, 9.17) is 0 Å². The Bertz CT molecular complexity index is 411. The van der Waals surface area contributed by atoms with Crippen LogP contribution in [-0.2, 0) is 11.2 Å². The van der Waals surface area contributed by atoms with Gasteiger partial charge in [0.15, 0.2) is 0 Å². The first-order chi connectivity index (χ1) is 9.74. The molecule has 1 amide bonds. The molecular formula is C16H23FN2O. The summed E-state index contributed by atoms with van der Waals surface area (Å²) >= 11 is 0. The van der Waals surface area contributed by atoms with Gasteiger partial charge in [-0.3, -0.25) is 4.79 Å². The van der Waals surface area contributed by atoms with Gasteiger partial charge in [-0.2, -0.15) is 0 Å². The van der Waals surface area contributed by atoms with Gasteiger partial charge < -0.3 is 10.6 Å². The summed E-state index contributed by atoms with van der Waals surface area (Å²) in [4.78, 5) is 11.8. The zero-order valence-electron chi connectivity index (χ0n) is 11.8. The fraction of sp³-hybridized carbons (Fsp3) is 0.562. The third-order valence-electron chi connectivity index (χ3n) is 3.76. The number of benzene rings is 1. The molecule has 1 aliphatic rings. The molecule has 1 aromatic carbocycles. The van der Waals surface area contributed by atoms with E-state index < -0.39 is 0 Å². The Hall–Kier alpha value is -1.42. The summed E-state index contributed by atoms with van der Waals surface area (Å²) in [6, 6.07) is 6.74. The lowest BCUT2D eigenvalue weighted by molar-refractivity contribution is -0.121. The van der Waals surface area contributed by atoms with Crippen LogP contribution in [0.4, 0.5) is 4.39 Å². The fourth-order valence-corrected chi connectivity index (χ4v) is 2.51. The molecule has 3 nitrogen and oxygen atoms in total. The molecule has 0 aliphatic carbocycles. The van der Waals surface area contributed by atoms with Crippen molar-refractivity contribution >= 4 is 5.91 Å². The number of hydrogen-bond donors (Lipinski definition) is 2. The Morgan fingerprint density at radius 1 is 1.25 bits per heavy atom. The second kappa shape index (κ2) is 8.00. The van der Waals surface area contributed by atoms with E-state index in [9.17, 15) is 9.18 Å². The molecule has 1 aromatic rings. The largest absolute Gasteiger partial charge is 0.355 e. The van der Waals surface area contributed by atoms with Gasteiger partial charge in [0.05, 0.1) is 0 Å². The highest BCUT2D eigenvalue weighted by molar-refractivity contribution is 5.76. The number of carbonyl (C=O) groups excluding carboxylic acids is 1. The lowest BCUT2D eigenvalue weighted by Gasteiger charge is -2.16. The van der Waals surface area contributed by atoms with Crippen molar-refractivity contribution in [3.63, 3.8) is 0 Å². The van der Waals surface area contributed by atoms with Crippen LogP contribution in [0.1, 0.15) is 37.7 Å². The van der Waals surface area contributed by atoms with E-state index >= 15 is 0 Å². The predicted octanol–water partition coefficient (Wildman–Crippen LogP) is 2.41. The number of hydrogen-bond acceptors (Lipinski definition) is 2. The Labute approximate surface area is 120 Å². The first kappa shape index (κ1) is 15.0. The SMILES string of the molecule is O=C(CCc1ccc(F)cc1)NC[C@H]1CCCCCN1. The Balaban J connectivity index is 1.66. The number of aryl methyl sites for hydroxylation is 1. The highest BCUT2D eigenvalue weighted by atomic mass is 19.1. The van der Waals surface area contributed by atoms with Gasteiger partial charge in [0, 0.05) is 19.0 Å². The van der Waals surface area contributed by atoms with Crippen LogP contribution in [0.15, 0.2) is 24.3 Å². The molecule has 4 heteroatoms. The minimum absolute atomic E-state index is 0.0698. The van der Waals surface area contributed by atoms with Crippen LogP contribution in [0.5, 0.6) is 0 Å². The van der Waals surface area contributed by atoms with Crippen LogP contribution in [-0.4, -0.2) is 25.0 Å². The van der Waals surface area contributed by atoms with E-state index in [1.165, 1.54) is 31.4 Å². The third kappa shape index (κ3) is 5.29. The monoisotopic (exact) mass is 278 g/mol. The molecule has 110 valence electrons. The van der Waals surface area contributed by atoms with Crippen LogP contribution in [0.2, 0.25) is 0 Å². The number of rotatable bonds is 5. The molecule has 20 heavy (non-hydrogen) atoms. The van der Waals surface area contributed by atoms with Crippen LogP contribution >= 0.6 is 0 Å². The van der Waals surface area contributed by atoms with Crippen molar-refractivity contribution in [2.75, 3.05) is 13.1 Å². The molecule has 2 rings (SSSR count). The molecule has 0 radical (unpaired) electrons. The maximum atomic E-state index is 12.8. The maximum absolute atomic E-state index is 12.8. The molecular weight excluding hydrogens is 255 g/mol. The number of nitrogens with one attached hydrogen (secondary N) is 2. The first-order valence-electron chi connectivity index (χ1n) is 7.48. The van der Waals surface area contributed by atoms with Gasteiger partial charge in [-0.05, 0) is 43.5 Å². The average Bonchev–Trinajstić information content (AvgIpc) is 2.73. The normalized spacial score (nSPS) is 19.4. The van der Waals surface area contributed by atoms with E-state index in [0.717, 1.165) is 18.5 Å². The van der Waals surface area contributed by atoms with E-state index in [1.54, 1.807) is 12.1 Å². The minimum Gasteiger partial charge on any atom is -0.355 e. The quantitative estimate of drug-likeness (QED) is 0.868. The third-order valence-corrected chi connectivity index (χ3v) is 3.76. The fourth-order valence-electron chi connectivity index (χ4n) is 2.51. The van der Waals surface area contributed by atoms with E-state index in [-0.39, 0.29) is 11.7 Å². The van der Waals surface area contributed by atoms with Crippen LogP contribution < -0.4 is 10.6 Å². The Kier molecular flexibility index (Phi) is 5.99. The molecule has 1 saturated heterocycles. The van der Waals surface area contributed by atoms with Crippen LogP contribution in [0.25, 0.3) is 0 Å². The van der Waals surface area contributed by atoms with Gasteiger partial charge in [-0.1, -0.05) is 25.0 Å².